The largest absolute Gasteiger partial charge is 0.478 e. The number of hydroxylamine groups is 2. The molecule has 2 amide bonds. The zero-order chi connectivity index (χ0) is 21.0. The lowest BCUT2D eigenvalue weighted by Crippen LogP contribution is -2.36. The van der Waals surface area contributed by atoms with Gasteiger partial charge in [0.15, 0.2) is 11.4 Å². The third kappa shape index (κ3) is 5.13. The van der Waals surface area contributed by atoms with Gasteiger partial charge in [0.2, 0.25) is 0 Å². The first-order valence-electron chi connectivity index (χ1n) is 9.06. The summed E-state index contributed by atoms with van der Waals surface area (Å²) in [5.74, 6) is 3.27. The molecule has 0 spiro atoms. The van der Waals surface area contributed by atoms with Crippen molar-refractivity contribution >= 4 is 27.9 Å². The van der Waals surface area contributed by atoms with Crippen LogP contribution in [0, 0.1) is 11.8 Å². The molecule has 154 valence electrons. The van der Waals surface area contributed by atoms with Crippen LogP contribution in [-0.2, 0) is 24.5 Å². The van der Waals surface area contributed by atoms with Gasteiger partial charge in [-0.1, -0.05) is 18.3 Å². The summed E-state index contributed by atoms with van der Waals surface area (Å²) in [6.07, 6.45) is 3.84. The summed E-state index contributed by atoms with van der Waals surface area (Å²) in [5.41, 5.74) is 0.0250. The van der Waals surface area contributed by atoms with Crippen LogP contribution >= 0.6 is 0 Å². The molecule has 2 aliphatic rings. The predicted molar refractivity (Wildman–Crippen MR) is 98.9 cm³/mol. The van der Waals surface area contributed by atoms with E-state index in [1.54, 1.807) is 0 Å². The maximum absolute atomic E-state index is 12.2. The van der Waals surface area contributed by atoms with Crippen LogP contribution in [0.1, 0.15) is 48.9 Å². The average Bonchev–Trinajstić information content (AvgIpc) is 2.93. The molecule has 2 atom stereocenters. The first-order valence-corrected chi connectivity index (χ1v) is 10.6. The minimum atomic E-state index is -4.77. The minimum absolute atomic E-state index is 0.0250. The summed E-state index contributed by atoms with van der Waals surface area (Å²) < 4.78 is 37.0. The van der Waals surface area contributed by atoms with Gasteiger partial charge in [-0.05, 0) is 43.5 Å². The maximum atomic E-state index is 12.2. The number of amides is 2. The highest BCUT2D eigenvalue weighted by molar-refractivity contribution is 7.87. The van der Waals surface area contributed by atoms with E-state index in [2.05, 4.69) is 11.8 Å². The molecule has 10 heteroatoms. The second kappa shape index (κ2) is 8.63. The van der Waals surface area contributed by atoms with Crippen molar-refractivity contribution < 1.29 is 36.9 Å². The number of hydrogen-bond acceptors (Lipinski definition) is 7. The molecule has 0 aromatic heterocycles. The highest BCUT2D eigenvalue weighted by atomic mass is 32.2. The molecular formula is C19H19NO8S. The number of imide groups is 1. The van der Waals surface area contributed by atoms with E-state index in [0.717, 1.165) is 32.1 Å². The van der Waals surface area contributed by atoms with E-state index < -0.39 is 39.6 Å². The quantitative estimate of drug-likeness (QED) is 0.430. The summed E-state index contributed by atoms with van der Waals surface area (Å²) in [5, 5.41) is -1.90. The predicted octanol–water partition coefficient (Wildman–Crippen LogP) is 1.49. The van der Waals surface area contributed by atoms with Crippen molar-refractivity contribution in [2.45, 2.75) is 49.9 Å². The molecule has 9 nitrogen and oxygen atoms in total. The summed E-state index contributed by atoms with van der Waals surface area (Å²) in [4.78, 5) is 40.6. The lowest BCUT2D eigenvalue weighted by atomic mass is 10.1. The third-order valence-electron chi connectivity index (χ3n) is 4.50. The number of nitrogens with zero attached hydrogens (tertiary/aromatic N) is 1. The summed E-state index contributed by atoms with van der Waals surface area (Å²) in [6.45, 7) is 0. The summed E-state index contributed by atoms with van der Waals surface area (Å²) >= 11 is 0. The van der Waals surface area contributed by atoms with Gasteiger partial charge in [-0.2, -0.15) is 8.42 Å². The van der Waals surface area contributed by atoms with Crippen LogP contribution in [0.25, 0.3) is 0 Å². The first-order chi connectivity index (χ1) is 13.8. The molecule has 0 saturated carbocycles. The van der Waals surface area contributed by atoms with Gasteiger partial charge >= 0.3 is 5.97 Å². The fourth-order valence-electron chi connectivity index (χ4n) is 2.95. The van der Waals surface area contributed by atoms with E-state index in [9.17, 15) is 22.8 Å². The van der Waals surface area contributed by atoms with Crippen LogP contribution in [0.2, 0.25) is 0 Å². The van der Waals surface area contributed by atoms with Crippen molar-refractivity contribution in [2.24, 2.45) is 0 Å². The Bertz CT molecular complexity index is 974. The number of carbonyl (C=O) groups excluding carboxylic acids is 3. The lowest BCUT2D eigenvalue weighted by Gasteiger charge is -2.16. The van der Waals surface area contributed by atoms with Crippen molar-refractivity contribution in [2.75, 3.05) is 0 Å². The van der Waals surface area contributed by atoms with Crippen LogP contribution in [0.4, 0.5) is 0 Å². The number of carbonyl (C=O) groups is 3. The Morgan fingerprint density at radius 2 is 1.86 bits per heavy atom. The van der Waals surface area contributed by atoms with Gasteiger partial charge in [-0.15, -0.1) is 5.06 Å². The minimum Gasteiger partial charge on any atom is -0.478 e. The molecule has 1 aliphatic carbocycles. The summed E-state index contributed by atoms with van der Waals surface area (Å²) in [6, 6.07) is 5.84. The van der Waals surface area contributed by atoms with E-state index in [1.165, 1.54) is 24.3 Å². The molecule has 1 aliphatic heterocycles. The topological polar surface area (TPSA) is 127 Å². The lowest BCUT2D eigenvalue weighted by molar-refractivity contribution is -0.172. The molecule has 0 bridgehead atoms. The molecule has 1 fully saturated rings. The molecule has 0 radical (unpaired) electrons. The second-order valence-electron chi connectivity index (χ2n) is 6.66. The Labute approximate surface area is 167 Å². The Kier molecular flexibility index (Phi) is 6.20. The molecule has 1 saturated heterocycles. The van der Waals surface area contributed by atoms with Crippen LogP contribution in [0.3, 0.4) is 0 Å². The zero-order valence-corrected chi connectivity index (χ0v) is 16.2. The Balaban J connectivity index is 1.63. The van der Waals surface area contributed by atoms with Crippen molar-refractivity contribution in [3.8, 4) is 17.6 Å². The zero-order valence-electron chi connectivity index (χ0n) is 15.4. The molecule has 29 heavy (non-hydrogen) atoms. The van der Waals surface area contributed by atoms with Gasteiger partial charge in [0, 0.05) is 6.42 Å². The van der Waals surface area contributed by atoms with Crippen LogP contribution in [-0.4, -0.2) is 47.2 Å². The molecule has 1 aromatic carbocycles. The molecule has 3 rings (SSSR count). The van der Waals surface area contributed by atoms with Crippen molar-refractivity contribution in [3.63, 3.8) is 0 Å². The van der Waals surface area contributed by atoms with Crippen LogP contribution < -0.4 is 4.74 Å². The third-order valence-corrected chi connectivity index (χ3v) is 5.58. The number of ether oxygens (including phenoxy) is 1. The van der Waals surface area contributed by atoms with Crippen molar-refractivity contribution in [1.82, 2.24) is 5.06 Å². The Hall–Kier alpha value is -2.90. The number of benzene rings is 1. The van der Waals surface area contributed by atoms with Crippen molar-refractivity contribution in [3.05, 3.63) is 29.8 Å². The monoisotopic (exact) mass is 421 g/mol. The van der Waals surface area contributed by atoms with E-state index in [0.29, 0.717) is 5.75 Å². The van der Waals surface area contributed by atoms with Gasteiger partial charge < -0.3 is 9.57 Å². The normalized spacial score (nSPS) is 22.3. The average molecular weight is 421 g/mol. The fourth-order valence-corrected chi connectivity index (χ4v) is 3.65. The van der Waals surface area contributed by atoms with Gasteiger partial charge in [0.25, 0.3) is 21.9 Å². The van der Waals surface area contributed by atoms with Gasteiger partial charge in [-0.25, -0.2) is 4.79 Å². The van der Waals surface area contributed by atoms with E-state index in [-0.39, 0.29) is 16.7 Å². The molecular weight excluding hydrogens is 402 g/mol. The second-order valence-corrected chi connectivity index (χ2v) is 8.26. The van der Waals surface area contributed by atoms with Gasteiger partial charge in [-0.3, -0.25) is 14.1 Å². The molecule has 1 N–H and O–H groups in total. The Morgan fingerprint density at radius 3 is 2.52 bits per heavy atom. The fraction of sp³-hybridized carbons (Fsp3) is 0.421. The number of rotatable bonds is 5. The smallest absolute Gasteiger partial charge is 0.363 e. The molecule has 2 unspecified atom stereocenters. The Morgan fingerprint density at radius 1 is 1.14 bits per heavy atom. The van der Waals surface area contributed by atoms with Crippen molar-refractivity contribution in [1.29, 1.82) is 0 Å². The summed E-state index contributed by atoms with van der Waals surface area (Å²) in [7, 11) is -4.77. The van der Waals surface area contributed by atoms with Gasteiger partial charge in [0.1, 0.15) is 5.75 Å². The highest BCUT2D eigenvalue weighted by Gasteiger charge is 2.48. The first kappa shape index (κ1) is 20.8. The number of hydrogen-bond donors (Lipinski definition) is 1. The maximum Gasteiger partial charge on any atom is 0.363 e. The SMILES string of the molecule is O=C(ON1C(=O)CC(S(=O)(=O)O)C1=O)c1ccc(OC2C#CCCCCC2)cc1. The van der Waals surface area contributed by atoms with Crippen LogP contribution in [0.5, 0.6) is 5.75 Å². The molecule has 1 heterocycles. The van der Waals surface area contributed by atoms with E-state index >= 15 is 0 Å². The highest BCUT2D eigenvalue weighted by Crippen LogP contribution is 2.22. The van der Waals surface area contributed by atoms with Crippen LogP contribution in [0.15, 0.2) is 24.3 Å². The van der Waals surface area contributed by atoms with E-state index in [1.807, 2.05) is 0 Å². The molecule has 1 aromatic rings. The standard InChI is InChI=1S/C19H19NO8S/c21-17-12-16(29(24,25)26)18(22)20(17)28-19(23)13-8-10-15(11-9-13)27-14-6-4-2-1-3-5-7-14/h8-11,14,16H,1-4,6,12H2,(H,24,25,26). The van der Waals surface area contributed by atoms with Gasteiger partial charge in [0.05, 0.1) is 12.0 Å². The van der Waals surface area contributed by atoms with E-state index in [4.69, 9.17) is 14.1 Å².